The van der Waals surface area contributed by atoms with Crippen LogP contribution >= 0.6 is 0 Å². The van der Waals surface area contributed by atoms with Crippen molar-refractivity contribution in [3.05, 3.63) is 59.7 Å². The fourth-order valence-electron chi connectivity index (χ4n) is 3.47. The molecule has 1 saturated heterocycles. The van der Waals surface area contributed by atoms with Gasteiger partial charge in [0.25, 0.3) is 5.91 Å². The lowest BCUT2D eigenvalue weighted by Crippen LogP contribution is -2.31. The van der Waals surface area contributed by atoms with Crippen LogP contribution < -0.4 is 5.32 Å². The Kier molecular flexibility index (Phi) is 5.24. The molecule has 0 bridgehead atoms. The molecule has 5 nitrogen and oxygen atoms in total. The van der Waals surface area contributed by atoms with Gasteiger partial charge in [-0.3, -0.25) is 9.69 Å². The lowest BCUT2D eigenvalue weighted by Gasteiger charge is -2.21. The third-order valence-corrected chi connectivity index (χ3v) is 4.74. The Balaban J connectivity index is 1.53. The van der Waals surface area contributed by atoms with E-state index >= 15 is 0 Å². The van der Waals surface area contributed by atoms with E-state index < -0.39 is 0 Å². The molecule has 0 spiro atoms. The highest BCUT2D eigenvalue weighted by Crippen LogP contribution is 2.25. The SMILES string of the molecule is C[C@H]1C[C@@H](CNC(=O)c2cc(O)cc(O)c2)CN1Cc1ccccc1. The largest absolute Gasteiger partial charge is 0.508 e. The van der Waals surface area contributed by atoms with Gasteiger partial charge >= 0.3 is 0 Å². The first-order valence-electron chi connectivity index (χ1n) is 8.60. The van der Waals surface area contributed by atoms with Gasteiger partial charge in [0.15, 0.2) is 0 Å². The van der Waals surface area contributed by atoms with Crippen molar-refractivity contribution in [3.8, 4) is 11.5 Å². The van der Waals surface area contributed by atoms with Crippen LogP contribution in [0, 0.1) is 5.92 Å². The van der Waals surface area contributed by atoms with Crippen molar-refractivity contribution in [1.82, 2.24) is 10.2 Å². The number of likely N-dealkylation sites (tertiary alicyclic amines) is 1. The second-order valence-electron chi connectivity index (χ2n) is 6.81. The van der Waals surface area contributed by atoms with Crippen LogP contribution in [0.1, 0.15) is 29.3 Å². The molecule has 0 aromatic heterocycles. The lowest BCUT2D eigenvalue weighted by atomic mass is 10.1. The second kappa shape index (κ2) is 7.57. The van der Waals surface area contributed by atoms with Gasteiger partial charge in [0.2, 0.25) is 0 Å². The Morgan fingerprint density at radius 3 is 2.52 bits per heavy atom. The molecule has 1 fully saturated rings. The standard InChI is InChI=1S/C20H24N2O3/c1-14-7-16(13-22(14)12-15-5-3-2-4-6-15)11-21-20(25)17-8-18(23)10-19(24)9-17/h2-6,8-10,14,16,23-24H,7,11-13H2,1H3,(H,21,25)/t14-,16-/m0/s1. The average Bonchev–Trinajstić information content (AvgIpc) is 2.92. The van der Waals surface area contributed by atoms with E-state index in [1.807, 2.05) is 6.07 Å². The van der Waals surface area contributed by atoms with E-state index in [4.69, 9.17) is 0 Å². The van der Waals surface area contributed by atoms with Gasteiger partial charge in [-0.2, -0.15) is 0 Å². The molecule has 132 valence electrons. The minimum atomic E-state index is -0.277. The Hall–Kier alpha value is -2.53. The van der Waals surface area contributed by atoms with E-state index in [0.29, 0.717) is 18.5 Å². The quantitative estimate of drug-likeness (QED) is 0.782. The highest BCUT2D eigenvalue weighted by atomic mass is 16.3. The molecule has 1 aliphatic heterocycles. The normalized spacial score (nSPS) is 20.5. The third kappa shape index (κ3) is 4.51. The smallest absolute Gasteiger partial charge is 0.251 e. The van der Waals surface area contributed by atoms with Crippen molar-refractivity contribution < 1.29 is 15.0 Å². The molecule has 3 rings (SSSR count). The first-order chi connectivity index (χ1) is 12.0. The van der Waals surface area contributed by atoms with E-state index in [0.717, 1.165) is 19.5 Å². The number of phenols is 2. The summed E-state index contributed by atoms with van der Waals surface area (Å²) in [6.45, 7) is 4.68. The Labute approximate surface area is 147 Å². The minimum Gasteiger partial charge on any atom is -0.508 e. The molecule has 1 heterocycles. The second-order valence-corrected chi connectivity index (χ2v) is 6.81. The monoisotopic (exact) mass is 340 g/mol. The zero-order valence-corrected chi connectivity index (χ0v) is 14.4. The van der Waals surface area contributed by atoms with Crippen LogP contribution in [-0.4, -0.2) is 40.2 Å². The molecule has 5 heteroatoms. The van der Waals surface area contributed by atoms with Gasteiger partial charge in [0, 0.05) is 37.3 Å². The highest BCUT2D eigenvalue weighted by molar-refractivity contribution is 5.95. The molecule has 2 aromatic carbocycles. The van der Waals surface area contributed by atoms with Crippen LogP contribution in [0.3, 0.4) is 0 Å². The summed E-state index contributed by atoms with van der Waals surface area (Å²) in [6, 6.07) is 14.8. The van der Waals surface area contributed by atoms with Crippen LogP contribution in [0.5, 0.6) is 11.5 Å². The first kappa shape index (κ1) is 17.3. The van der Waals surface area contributed by atoms with Gasteiger partial charge < -0.3 is 15.5 Å². The maximum atomic E-state index is 12.2. The molecule has 0 radical (unpaired) electrons. The number of phenolic OH excluding ortho intramolecular Hbond substituents is 2. The van der Waals surface area contributed by atoms with Crippen LogP contribution in [0.15, 0.2) is 48.5 Å². The summed E-state index contributed by atoms with van der Waals surface area (Å²) in [5, 5.41) is 21.9. The van der Waals surface area contributed by atoms with Crippen molar-refractivity contribution in [2.24, 2.45) is 5.92 Å². The third-order valence-electron chi connectivity index (χ3n) is 4.74. The van der Waals surface area contributed by atoms with E-state index in [-0.39, 0.29) is 23.0 Å². The van der Waals surface area contributed by atoms with E-state index in [2.05, 4.69) is 41.4 Å². The van der Waals surface area contributed by atoms with Crippen molar-refractivity contribution in [3.63, 3.8) is 0 Å². The highest BCUT2D eigenvalue weighted by Gasteiger charge is 2.29. The van der Waals surface area contributed by atoms with Gasteiger partial charge in [-0.25, -0.2) is 0 Å². The van der Waals surface area contributed by atoms with Crippen LogP contribution in [0.25, 0.3) is 0 Å². The van der Waals surface area contributed by atoms with Gasteiger partial charge in [0.05, 0.1) is 0 Å². The maximum Gasteiger partial charge on any atom is 0.251 e. The number of aromatic hydroxyl groups is 2. The van der Waals surface area contributed by atoms with E-state index in [1.54, 1.807) is 0 Å². The van der Waals surface area contributed by atoms with Crippen LogP contribution in [-0.2, 0) is 6.54 Å². The molecule has 1 aliphatic rings. The number of nitrogens with zero attached hydrogens (tertiary/aromatic N) is 1. The van der Waals surface area contributed by atoms with Gasteiger partial charge in [0.1, 0.15) is 11.5 Å². The molecule has 0 saturated carbocycles. The Morgan fingerprint density at radius 1 is 1.16 bits per heavy atom. The number of amides is 1. The first-order valence-corrected chi connectivity index (χ1v) is 8.60. The predicted octanol–water partition coefficient (Wildman–Crippen LogP) is 2.74. The number of rotatable bonds is 5. The molecule has 25 heavy (non-hydrogen) atoms. The summed E-state index contributed by atoms with van der Waals surface area (Å²) in [7, 11) is 0. The van der Waals surface area contributed by atoms with Gasteiger partial charge in [-0.05, 0) is 37.0 Å². The molecular weight excluding hydrogens is 316 g/mol. The van der Waals surface area contributed by atoms with Gasteiger partial charge in [-0.1, -0.05) is 30.3 Å². The van der Waals surface area contributed by atoms with Crippen molar-refractivity contribution >= 4 is 5.91 Å². The van der Waals surface area contributed by atoms with Crippen LogP contribution in [0.4, 0.5) is 0 Å². The molecule has 2 atom stereocenters. The van der Waals surface area contributed by atoms with E-state index in [1.165, 1.54) is 23.8 Å². The minimum absolute atomic E-state index is 0.117. The lowest BCUT2D eigenvalue weighted by molar-refractivity contribution is 0.0946. The maximum absolute atomic E-state index is 12.2. The molecule has 3 N–H and O–H groups in total. The fraction of sp³-hybridized carbons (Fsp3) is 0.350. The zero-order chi connectivity index (χ0) is 17.8. The number of hydrogen-bond acceptors (Lipinski definition) is 4. The van der Waals surface area contributed by atoms with E-state index in [9.17, 15) is 15.0 Å². The molecule has 0 unspecified atom stereocenters. The van der Waals surface area contributed by atoms with Crippen molar-refractivity contribution in [2.45, 2.75) is 25.9 Å². The Morgan fingerprint density at radius 2 is 1.84 bits per heavy atom. The number of hydrogen-bond donors (Lipinski definition) is 3. The summed E-state index contributed by atoms with van der Waals surface area (Å²) in [5.74, 6) is -0.115. The topological polar surface area (TPSA) is 72.8 Å². The average molecular weight is 340 g/mol. The molecule has 1 amide bonds. The number of carbonyl (C=O) groups is 1. The summed E-state index contributed by atoms with van der Waals surface area (Å²) >= 11 is 0. The number of carbonyl (C=O) groups excluding carboxylic acids is 1. The van der Waals surface area contributed by atoms with Crippen molar-refractivity contribution in [1.29, 1.82) is 0 Å². The van der Waals surface area contributed by atoms with Gasteiger partial charge in [-0.15, -0.1) is 0 Å². The number of nitrogens with one attached hydrogen (secondary N) is 1. The summed E-state index contributed by atoms with van der Waals surface area (Å²) in [4.78, 5) is 14.6. The molecule has 0 aliphatic carbocycles. The number of benzene rings is 2. The summed E-state index contributed by atoms with van der Waals surface area (Å²) in [6.07, 6.45) is 1.04. The zero-order valence-electron chi connectivity index (χ0n) is 14.4. The van der Waals surface area contributed by atoms with Crippen molar-refractivity contribution in [2.75, 3.05) is 13.1 Å². The molecule has 2 aromatic rings. The summed E-state index contributed by atoms with van der Waals surface area (Å²) in [5.41, 5.74) is 1.57. The summed E-state index contributed by atoms with van der Waals surface area (Å²) < 4.78 is 0. The van der Waals surface area contributed by atoms with Crippen LogP contribution in [0.2, 0.25) is 0 Å². The molecular formula is C20H24N2O3. The fourth-order valence-corrected chi connectivity index (χ4v) is 3.47. The Bertz CT molecular complexity index is 713. The predicted molar refractivity (Wildman–Crippen MR) is 96.5 cm³/mol.